The van der Waals surface area contributed by atoms with Crippen LogP contribution in [0.2, 0.25) is 0 Å². The van der Waals surface area contributed by atoms with E-state index in [0.29, 0.717) is 11.6 Å². The highest BCUT2D eigenvalue weighted by molar-refractivity contribution is 5.92. The number of hydrogen-bond acceptors (Lipinski definition) is 4. The second-order valence-corrected chi connectivity index (χ2v) is 5.77. The van der Waals surface area contributed by atoms with E-state index in [1.54, 1.807) is 24.2 Å². The van der Waals surface area contributed by atoms with Gasteiger partial charge < -0.3 is 10.2 Å². The molecule has 0 saturated carbocycles. The van der Waals surface area contributed by atoms with Gasteiger partial charge in [0.2, 0.25) is 5.95 Å². The molecule has 2 aromatic rings. The highest BCUT2D eigenvalue weighted by Crippen LogP contribution is 2.17. The molecule has 5 heteroatoms. The van der Waals surface area contributed by atoms with Crippen molar-refractivity contribution < 1.29 is 4.79 Å². The molecule has 0 spiro atoms. The molecule has 1 aromatic carbocycles. The molecule has 0 fully saturated rings. The van der Waals surface area contributed by atoms with Gasteiger partial charge in [0.15, 0.2) is 0 Å². The van der Waals surface area contributed by atoms with Crippen molar-refractivity contribution >= 4 is 17.5 Å². The molecule has 1 heterocycles. The molecule has 5 nitrogen and oxygen atoms in total. The van der Waals surface area contributed by atoms with Gasteiger partial charge in [0.1, 0.15) is 5.69 Å². The molecular formula is C18H24N4O. The van der Waals surface area contributed by atoms with Gasteiger partial charge in [-0.1, -0.05) is 19.4 Å². The Balaban J connectivity index is 2.13. The number of nitrogens with zero attached hydrogens (tertiary/aromatic N) is 3. The number of unbranched alkanes of at least 4 members (excludes halogenated alkanes) is 1. The highest BCUT2D eigenvalue weighted by atomic mass is 16.2. The zero-order valence-corrected chi connectivity index (χ0v) is 14.3. The summed E-state index contributed by atoms with van der Waals surface area (Å²) in [6.45, 7) is 6.97. The van der Waals surface area contributed by atoms with Crippen molar-refractivity contribution in [3.63, 3.8) is 0 Å². The molecule has 122 valence electrons. The summed E-state index contributed by atoms with van der Waals surface area (Å²) in [5, 5.41) is 3.16. The van der Waals surface area contributed by atoms with Crippen LogP contribution in [0.4, 0.5) is 11.6 Å². The number of aromatic nitrogens is 2. The zero-order valence-electron chi connectivity index (χ0n) is 14.3. The molecular weight excluding hydrogens is 288 g/mol. The van der Waals surface area contributed by atoms with E-state index in [2.05, 4.69) is 36.1 Å². The average Bonchev–Trinajstić information content (AvgIpc) is 2.55. The van der Waals surface area contributed by atoms with Crippen LogP contribution in [0.3, 0.4) is 0 Å². The number of benzene rings is 1. The van der Waals surface area contributed by atoms with Gasteiger partial charge in [0, 0.05) is 25.5 Å². The van der Waals surface area contributed by atoms with E-state index in [4.69, 9.17) is 0 Å². The number of anilines is 2. The summed E-state index contributed by atoms with van der Waals surface area (Å²) in [5.41, 5.74) is 3.75. The minimum absolute atomic E-state index is 0.0796. The van der Waals surface area contributed by atoms with Crippen LogP contribution < -0.4 is 5.32 Å². The van der Waals surface area contributed by atoms with Gasteiger partial charge in [0.05, 0.1) is 0 Å². The normalized spacial score (nSPS) is 10.4. The van der Waals surface area contributed by atoms with Gasteiger partial charge >= 0.3 is 0 Å². The molecule has 1 N–H and O–H groups in total. The van der Waals surface area contributed by atoms with Crippen LogP contribution in [0.1, 0.15) is 41.4 Å². The van der Waals surface area contributed by atoms with Crippen LogP contribution in [0.15, 0.2) is 30.5 Å². The van der Waals surface area contributed by atoms with Gasteiger partial charge in [-0.3, -0.25) is 4.79 Å². The first-order valence-corrected chi connectivity index (χ1v) is 7.94. The first-order chi connectivity index (χ1) is 11.0. The molecule has 0 unspecified atom stereocenters. The minimum atomic E-state index is -0.0796. The standard InChI is InChI=1S/C18H24N4O/c1-5-6-11-22(4)17(23)16-9-10-19-18(21-16)20-15-8-7-13(2)14(3)12-15/h7-10,12H,5-6,11H2,1-4H3,(H,19,20,21). The summed E-state index contributed by atoms with van der Waals surface area (Å²) in [5.74, 6) is 0.354. The maximum Gasteiger partial charge on any atom is 0.272 e. The van der Waals surface area contributed by atoms with E-state index < -0.39 is 0 Å². The number of carbonyl (C=O) groups excluding carboxylic acids is 1. The van der Waals surface area contributed by atoms with Crippen LogP contribution in [-0.4, -0.2) is 34.4 Å². The monoisotopic (exact) mass is 312 g/mol. The fraction of sp³-hybridized carbons (Fsp3) is 0.389. The lowest BCUT2D eigenvalue weighted by Gasteiger charge is -2.16. The van der Waals surface area contributed by atoms with Crippen LogP contribution in [0.5, 0.6) is 0 Å². The van der Waals surface area contributed by atoms with Crippen LogP contribution >= 0.6 is 0 Å². The summed E-state index contributed by atoms with van der Waals surface area (Å²) >= 11 is 0. The summed E-state index contributed by atoms with van der Waals surface area (Å²) in [4.78, 5) is 22.6. The summed E-state index contributed by atoms with van der Waals surface area (Å²) in [6, 6.07) is 7.72. The Labute approximate surface area is 137 Å². The third-order valence-electron chi connectivity index (χ3n) is 3.83. The maximum atomic E-state index is 12.4. The summed E-state index contributed by atoms with van der Waals surface area (Å²) in [6.07, 6.45) is 3.65. The predicted octanol–water partition coefficient (Wildman–Crippen LogP) is 3.71. The molecule has 0 aliphatic carbocycles. The number of carbonyl (C=O) groups is 1. The van der Waals surface area contributed by atoms with Gasteiger partial charge in [-0.05, 0) is 49.6 Å². The lowest BCUT2D eigenvalue weighted by atomic mass is 10.1. The molecule has 0 saturated heterocycles. The molecule has 1 aromatic heterocycles. The summed E-state index contributed by atoms with van der Waals surface area (Å²) < 4.78 is 0. The molecule has 0 bridgehead atoms. The van der Waals surface area contributed by atoms with E-state index in [1.807, 2.05) is 18.2 Å². The Bertz CT molecular complexity index is 684. The molecule has 0 radical (unpaired) electrons. The number of aryl methyl sites for hydroxylation is 2. The Morgan fingerprint density at radius 2 is 2.00 bits per heavy atom. The second-order valence-electron chi connectivity index (χ2n) is 5.77. The first-order valence-electron chi connectivity index (χ1n) is 7.94. The minimum Gasteiger partial charge on any atom is -0.340 e. The SMILES string of the molecule is CCCCN(C)C(=O)c1ccnc(Nc2ccc(C)c(C)c2)n1. The van der Waals surface area contributed by atoms with E-state index in [1.165, 1.54) is 11.1 Å². The smallest absolute Gasteiger partial charge is 0.272 e. The van der Waals surface area contributed by atoms with E-state index >= 15 is 0 Å². The third-order valence-corrected chi connectivity index (χ3v) is 3.83. The Hall–Kier alpha value is -2.43. The number of hydrogen-bond donors (Lipinski definition) is 1. The molecule has 1 amide bonds. The van der Waals surface area contributed by atoms with Crippen molar-refractivity contribution in [2.24, 2.45) is 0 Å². The fourth-order valence-corrected chi connectivity index (χ4v) is 2.18. The number of rotatable bonds is 6. The van der Waals surface area contributed by atoms with Gasteiger partial charge in [-0.25, -0.2) is 9.97 Å². The topological polar surface area (TPSA) is 58.1 Å². The molecule has 2 rings (SSSR count). The largest absolute Gasteiger partial charge is 0.340 e. The zero-order chi connectivity index (χ0) is 16.8. The summed E-state index contributed by atoms with van der Waals surface area (Å²) in [7, 11) is 1.80. The van der Waals surface area contributed by atoms with Crippen molar-refractivity contribution in [2.75, 3.05) is 18.9 Å². The number of amides is 1. The lowest BCUT2D eigenvalue weighted by molar-refractivity contribution is 0.0787. The van der Waals surface area contributed by atoms with Crippen molar-refractivity contribution in [2.45, 2.75) is 33.6 Å². The predicted molar refractivity (Wildman–Crippen MR) is 93.1 cm³/mol. The Kier molecular flexibility index (Phi) is 5.68. The first kappa shape index (κ1) is 16.9. The van der Waals surface area contributed by atoms with E-state index in [9.17, 15) is 4.79 Å². The van der Waals surface area contributed by atoms with E-state index in [0.717, 1.165) is 25.1 Å². The van der Waals surface area contributed by atoms with Crippen molar-refractivity contribution in [1.82, 2.24) is 14.9 Å². The lowest BCUT2D eigenvalue weighted by Crippen LogP contribution is -2.28. The molecule has 0 aliphatic heterocycles. The highest BCUT2D eigenvalue weighted by Gasteiger charge is 2.13. The third kappa shape index (κ3) is 4.52. The molecule has 0 aliphatic rings. The molecule has 0 atom stereocenters. The Morgan fingerprint density at radius 3 is 2.70 bits per heavy atom. The Morgan fingerprint density at radius 1 is 1.22 bits per heavy atom. The van der Waals surface area contributed by atoms with Gasteiger partial charge in [-0.15, -0.1) is 0 Å². The van der Waals surface area contributed by atoms with Crippen LogP contribution in [-0.2, 0) is 0 Å². The van der Waals surface area contributed by atoms with Crippen LogP contribution in [0, 0.1) is 13.8 Å². The van der Waals surface area contributed by atoms with Crippen molar-refractivity contribution in [3.8, 4) is 0 Å². The molecule has 23 heavy (non-hydrogen) atoms. The quantitative estimate of drug-likeness (QED) is 0.883. The maximum absolute atomic E-state index is 12.4. The number of nitrogens with one attached hydrogen (secondary N) is 1. The van der Waals surface area contributed by atoms with Crippen molar-refractivity contribution in [3.05, 3.63) is 47.3 Å². The fourth-order valence-electron chi connectivity index (χ4n) is 2.18. The van der Waals surface area contributed by atoms with Gasteiger partial charge in [-0.2, -0.15) is 0 Å². The second kappa shape index (κ2) is 7.72. The van der Waals surface area contributed by atoms with E-state index in [-0.39, 0.29) is 5.91 Å². The van der Waals surface area contributed by atoms with Gasteiger partial charge in [0.25, 0.3) is 5.91 Å². The van der Waals surface area contributed by atoms with Crippen molar-refractivity contribution in [1.29, 1.82) is 0 Å². The average molecular weight is 312 g/mol. The van der Waals surface area contributed by atoms with Crippen LogP contribution in [0.25, 0.3) is 0 Å².